The van der Waals surface area contributed by atoms with Gasteiger partial charge in [0.25, 0.3) is 0 Å². The lowest BCUT2D eigenvalue weighted by Crippen LogP contribution is -2.45. The van der Waals surface area contributed by atoms with Crippen LogP contribution in [0.25, 0.3) is 0 Å². The fourth-order valence-corrected chi connectivity index (χ4v) is 2.96. The van der Waals surface area contributed by atoms with Gasteiger partial charge in [0.1, 0.15) is 0 Å². The molecular formula is C15H30N2O. The maximum Gasteiger partial charge on any atom is 0.224 e. The second kappa shape index (κ2) is 7.13. The summed E-state index contributed by atoms with van der Waals surface area (Å²) in [6.45, 7) is 13.9. The average molecular weight is 254 g/mol. The lowest BCUT2D eigenvalue weighted by molar-refractivity contribution is -0.126. The number of hydrogen-bond acceptors (Lipinski definition) is 2. The highest BCUT2D eigenvalue weighted by atomic mass is 16.1. The normalized spacial score (nSPS) is 24.9. The van der Waals surface area contributed by atoms with E-state index in [2.05, 4.69) is 45.3 Å². The zero-order valence-electron chi connectivity index (χ0n) is 12.6. The van der Waals surface area contributed by atoms with E-state index >= 15 is 0 Å². The Bertz CT molecular complexity index is 255. The summed E-state index contributed by atoms with van der Waals surface area (Å²) in [5, 5.41) is 6.49. The second-order valence-electron chi connectivity index (χ2n) is 6.59. The third kappa shape index (κ3) is 4.60. The Morgan fingerprint density at radius 2 is 1.83 bits per heavy atom. The molecule has 0 saturated carbocycles. The Morgan fingerprint density at radius 1 is 1.22 bits per heavy atom. The minimum absolute atomic E-state index is 0.161. The standard InChI is InChI=1S/C15H30N2O/c1-10(2)14(11(3)4)9-17-15(18)13-6-12(5)7-16-8-13/h10-14,16H,6-9H2,1-5H3,(H,17,18). The van der Waals surface area contributed by atoms with E-state index in [0.29, 0.717) is 23.7 Å². The van der Waals surface area contributed by atoms with E-state index in [0.717, 1.165) is 26.1 Å². The summed E-state index contributed by atoms with van der Waals surface area (Å²) < 4.78 is 0. The molecule has 106 valence electrons. The number of rotatable bonds is 5. The van der Waals surface area contributed by atoms with Crippen molar-refractivity contribution in [1.82, 2.24) is 10.6 Å². The minimum atomic E-state index is 0.161. The van der Waals surface area contributed by atoms with Gasteiger partial charge in [-0.1, -0.05) is 34.6 Å². The number of hydrogen-bond donors (Lipinski definition) is 2. The van der Waals surface area contributed by atoms with E-state index in [-0.39, 0.29) is 11.8 Å². The smallest absolute Gasteiger partial charge is 0.224 e. The van der Waals surface area contributed by atoms with Crippen molar-refractivity contribution in [3.8, 4) is 0 Å². The van der Waals surface area contributed by atoms with Gasteiger partial charge in [0, 0.05) is 13.1 Å². The van der Waals surface area contributed by atoms with Gasteiger partial charge in [-0.3, -0.25) is 4.79 Å². The van der Waals surface area contributed by atoms with Crippen LogP contribution in [0.1, 0.15) is 41.0 Å². The summed E-state index contributed by atoms with van der Waals surface area (Å²) >= 11 is 0. The molecule has 1 rings (SSSR count). The molecule has 1 aliphatic heterocycles. The highest BCUT2D eigenvalue weighted by Crippen LogP contribution is 2.20. The van der Waals surface area contributed by atoms with Crippen LogP contribution < -0.4 is 10.6 Å². The van der Waals surface area contributed by atoms with Crippen molar-refractivity contribution in [2.45, 2.75) is 41.0 Å². The van der Waals surface area contributed by atoms with Crippen LogP contribution in [-0.4, -0.2) is 25.5 Å². The van der Waals surface area contributed by atoms with E-state index < -0.39 is 0 Å². The molecule has 0 aromatic heterocycles. The summed E-state index contributed by atoms with van der Waals surface area (Å²) in [6.07, 6.45) is 1.02. The van der Waals surface area contributed by atoms with E-state index in [1.807, 2.05) is 0 Å². The van der Waals surface area contributed by atoms with Crippen LogP contribution in [0.15, 0.2) is 0 Å². The molecule has 0 aromatic rings. The first-order valence-corrected chi connectivity index (χ1v) is 7.40. The Kier molecular flexibility index (Phi) is 6.13. The zero-order valence-corrected chi connectivity index (χ0v) is 12.6. The van der Waals surface area contributed by atoms with E-state index in [4.69, 9.17) is 0 Å². The first-order chi connectivity index (χ1) is 8.41. The molecular weight excluding hydrogens is 224 g/mol. The van der Waals surface area contributed by atoms with Crippen molar-refractivity contribution >= 4 is 5.91 Å². The Hall–Kier alpha value is -0.570. The molecule has 0 aromatic carbocycles. The van der Waals surface area contributed by atoms with Gasteiger partial charge in [-0.2, -0.15) is 0 Å². The molecule has 2 N–H and O–H groups in total. The molecule has 0 bridgehead atoms. The Labute approximate surface area is 112 Å². The predicted octanol–water partition coefficient (Wildman–Crippen LogP) is 2.28. The van der Waals surface area contributed by atoms with Crippen molar-refractivity contribution in [1.29, 1.82) is 0 Å². The molecule has 0 aliphatic carbocycles. The van der Waals surface area contributed by atoms with Gasteiger partial charge in [-0.05, 0) is 36.6 Å². The first kappa shape index (κ1) is 15.5. The monoisotopic (exact) mass is 254 g/mol. The quantitative estimate of drug-likeness (QED) is 0.790. The van der Waals surface area contributed by atoms with Crippen LogP contribution >= 0.6 is 0 Å². The molecule has 1 aliphatic rings. The second-order valence-corrected chi connectivity index (χ2v) is 6.59. The van der Waals surface area contributed by atoms with Gasteiger partial charge in [-0.15, -0.1) is 0 Å². The van der Waals surface area contributed by atoms with Crippen molar-refractivity contribution < 1.29 is 4.79 Å². The molecule has 1 saturated heterocycles. The van der Waals surface area contributed by atoms with E-state index in [1.54, 1.807) is 0 Å². The first-order valence-electron chi connectivity index (χ1n) is 7.40. The summed E-state index contributed by atoms with van der Waals surface area (Å²) in [4.78, 5) is 12.1. The lowest BCUT2D eigenvalue weighted by Gasteiger charge is -2.29. The third-order valence-corrected chi connectivity index (χ3v) is 4.17. The van der Waals surface area contributed by atoms with Crippen molar-refractivity contribution in [2.24, 2.45) is 29.6 Å². The van der Waals surface area contributed by atoms with Gasteiger partial charge in [-0.25, -0.2) is 0 Å². The maximum atomic E-state index is 12.1. The van der Waals surface area contributed by atoms with Crippen LogP contribution in [0.2, 0.25) is 0 Å². The molecule has 2 unspecified atom stereocenters. The fraction of sp³-hybridized carbons (Fsp3) is 0.933. The molecule has 0 radical (unpaired) electrons. The number of carbonyl (C=O) groups is 1. The minimum Gasteiger partial charge on any atom is -0.356 e. The molecule has 3 heteroatoms. The summed E-state index contributed by atoms with van der Waals surface area (Å²) in [7, 11) is 0. The van der Waals surface area contributed by atoms with Crippen LogP contribution in [0.5, 0.6) is 0 Å². The van der Waals surface area contributed by atoms with E-state index in [9.17, 15) is 4.79 Å². The van der Waals surface area contributed by atoms with Crippen LogP contribution in [0, 0.1) is 29.6 Å². The highest BCUT2D eigenvalue weighted by molar-refractivity contribution is 5.79. The number of amides is 1. The SMILES string of the molecule is CC1CNCC(C(=O)NCC(C(C)C)C(C)C)C1. The van der Waals surface area contributed by atoms with Gasteiger partial charge < -0.3 is 10.6 Å². The number of piperidine rings is 1. The van der Waals surface area contributed by atoms with E-state index in [1.165, 1.54) is 0 Å². The molecule has 18 heavy (non-hydrogen) atoms. The lowest BCUT2D eigenvalue weighted by atomic mass is 9.85. The van der Waals surface area contributed by atoms with Crippen LogP contribution in [0.3, 0.4) is 0 Å². The summed E-state index contributed by atoms with van der Waals surface area (Å²) in [5.74, 6) is 2.82. The zero-order chi connectivity index (χ0) is 13.7. The van der Waals surface area contributed by atoms with Gasteiger partial charge in [0.15, 0.2) is 0 Å². The predicted molar refractivity (Wildman–Crippen MR) is 76.3 cm³/mol. The highest BCUT2D eigenvalue weighted by Gasteiger charge is 2.26. The topological polar surface area (TPSA) is 41.1 Å². The number of carbonyl (C=O) groups excluding carboxylic acids is 1. The average Bonchev–Trinajstić information content (AvgIpc) is 2.28. The van der Waals surface area contributed by atoms with Crippen molar-refractivity contribution in [2.75, 3.05) is 19.6 Å². The van der Waals surface area contributed by atoms with Gasteiger partial charge in [0.05, 0.1) is 5.92 Å². The van der Waals surface area contributed by atoms with Crippen LogP contribution in [0.4, 0.5) is 0 Å². The molecule has 3 nitrogen and oxygen atoms in total. The molecule has 0 spiro atoms. The number of nitrogens with one attached hydrogen (secondary N) is 2. The maximum absolute atomic E-state index is 12.1. The van der Waals surface area contributed by atoms with Crippen LogP contribution in [-0.2, 0) is 4.79 Å². The Balaban J connectivity index is 2.39. The van der Waals surface area contributed by atoms with Crippen molar-refractivity contribution in [3.63, 3.8) is 0 Å². The third-order valence-electron chi connectivity index (χ3n) is 4.17. The largest absolute Gasteiger partial charge is 0.356 e. The van der Waals surface area contributed by atoms with Gasteiger partial charge in [0.2, 0.25) is 5.91 Å². The molecule has 1 fully saturated rings. The Morgan fingerprint density at radius 3 is 2.33 bits per heavy atom. The molecule has 2 atom stereocenters. The molecule has 1 amide bonds. The summed E-state index contributed by atoms with van der Waals surface area (Å²) in [5.41, 5.74) is 0. The fourth-order valence-electron chi connectivity index (χ4n) is 2.96. The molecule has 1 heterocycles. The summed E-state index contributed by atoms with van der Waals surface area (Å²) in [6, 6.07) is 0. The van der Waals surface area contributed by atoms with Crippen molar-refractivity contribution in [3.05, 3.63) is 0 Å². The van der Waals surface area contributed by atoms with Gasteiger partial charge >= 0.3 is 0 Å².